The van der Waals surface area contributed by atoms with Crippen molar-refractivity contribution in [3.05, 3.63) is 21.7 Å². The van der Waals surface area contributed by atoms with Gasteiger partial charge < -0.3 is 10.1 Å². The van der Waals surface area contributed by atoms with Gasteiger partial charge in [0.15, 0.2) is 5.82 Å². The topological polar surface area (TPSA) is 66.0 Å². The smallest absolute Gasteiger partial charge is 0.257 e. The molecule has 0 aromatic carbocycles. The van der Waals surface area contributed by atoms with Gasteiger partial charge in [-0.25, -0.2) is 0 Å². The first-order valence-corrected chi connectivity index (χ1v) is 4.33. The predicted molar refractivity (Wildman–Crippen MR) is 50.5 cm³/mol. The van der Waals surface area contributed by atoms with Gasteiger partial charge in [0.2, 0.25) is 9.67 Å². The second-order valence-corrected chi connectivity index (χ2v) is 4.64. The van der Waals surface area contributed by atoms with Crippen LogP contribution < -0.4 is 5.56 Å². The van der Waals surface area contributed by atoms with Crippen LogP contribution in [-0.4, -0.2) is 15.1 Å². The van der Waals surface area contributed by atoms with Crippen LogP contribution >= 0.6 is 34.8 Å². The standard InChI is InChI=1S/C6H5Cl3N2O2/c1-2-3(12)10-5(6(7,8)9)11-4(2)13/h1H3,(H2,10,11,12,13). The van der Waals surface area contributed by atoms with Gasteiger partial charge in [0, 0.05) is 0 Å². The van der Waals surface area contributed by atoms with Crippen LogP contribution in [0.3, 0.4) is 0 Å². The van der Waals surface area contributed by atoms with Crippen molar-refractivity contribution >= 4 is 34.8 Å². The Morgan fingerprint density at radius 2 is 2.00 bits per heavy atom. The van der Waals surface area contributed by atoms with Gasteiger partial charge in [-0.3, -0.25) is 4.79 Å². The maximum Gasteiger partial charge on any atom is 0.257 e. The molecule has 0 bridgehead atoms. The first-order chi connectivity index (χ1) is 5.82. The average molecular weight is 243 g/mol. The fourth-order valence-corrected chi connectivity index (χ4v) is 0.923. The van der Waals surface area contributed by atoms with E-state index in [4.69, 9.17) is 39.9 Å². The molecule has 0 amide bonds. The Bertz CT molecular complexity index is 382. The van der Waals surface area contributed by atoms with E-state index in [1.807, 2.05) is 0 Å². The molecule has 0 saturated carbocycles. The predicted octanol–water partition coefficient (Wildman–Crippen LogP) is 1.61. The first-order valence-electron chi connectivity index (χ1n) is 3.19. The van der Waals surface area contributed by atoms with Crippen LogP contribution in [0.5, 0.6) is 5.88 Å². The highest BCUT2D eigenvalue weighted by Crippen LogP contribution is 2.35. The van der Waals surface area contributed by atoms with Gasteiger partial charge in [0.25, 0.3) is 5.56 Å². The number of halogens is 3. The minimum atomic E-state index is -1.84. The molecule has 0 fully saturated rings. The molecule has 1 rings (SSSR count). The molecule has 0 aliphatic carbocycles. The zero-order valence-corrected chi connectivity index (χ0v) is 8.70. The molecule has 1 aromatic rings. The van der Waals surface area contributed by atoms with E-state index >= 15 is 0 Å². The number of hydrogen-bond donors (Lipinski definition) is 2. The lowest BCUT2D eigenvalue weighted by atomic mass is 10.3. The third-order valence-electron chi connectivity index (χ3n) is 1.39. The Hall–Kier alpha value is -0.450. The highest BCUT2D eigenvalue weighted by Gasteiger charge is 2.27. The minimum Gasteiger partial charge on any atom is -0.493 e. The summed E-state index contributed by atoms with van der Waals surface area (Å²) in [7, 11) is 0. The number of aromatic nitrogens is 2. The van der Waals surface area contributed by atoms with Crippen molar-refractivity contribution in [2.45, 2.75) is 10.7 Å². The number of nitrogens with one attached hydrogen (secondary N) is 1. The summed E-state index contributed by atoms with van der Waals surface area (Å²) in [5.74, 6) is -0.643. The number of alkyl halides is 3. The van der Waals surface area contributed by atoms with Crippen molar-refractivity contribution in [2.75, 3.05) is 0 Å². The summed E-state index contributed by atoms with van der Waals surface area (Å²) < 4.78 is -1.84. The van der Waals surface area contributed by atoms with E-state index in [0.29, 0.717) is 0 Å². The summed E-state index contributed by atoms with van der Waals surface area (Å²) >= 11 is 16.3. The summed E-state index contributed by atoms with van der Waals surface area (Å²) in [4.78, 5) is 16.8. The van der Waals surface area contributed by atoms with Crippen LogP contribution in [0.25, 0.3) is 0 Å². The fraction of sp³-hybridized carbons (Fsp3) is 0.333. The van der Waals surface area contributed by atoms with E-state index in [1.54, 1.807) is 0 Å². The first kappa shape index (κ1) is 10.6. The molecule has 4 nitrogen and oxygen atoms in total. The van der Waals surface area contributed by atoms with Gasteiger partial charge in [-0.05, 0) is 6.92 Å². The Morgan fingerprint density at radius 3 is 2.38 bits per heavy atom. The van der Waals surface area contributed by atoms with Crippen molar-refractivity contribution < 1.29 is 5.11 Å². The maximum absolute atomic E-state index is 11.1. The molecule has 0 atom stereocenters. The van der Waals surface area contributed by atoms with Crippen LogP contribution in [0.2, 0.25) is 0 Å². The van der Waals surface area contributed by atoms with Crippen LogP contribution in [0.4, 0.5) is 0 Å². The van der Waals surface area contributed by atoms with Gasteiger partial charge in [-0.1, -0.05) is 34.8 Å². The SMILES string of the molecule is Cc1c(O)nc(C(Cl)(Cl)Cl)[nH]c1=O. The number of aromatic amines is 1. The second kappa shape index (κ2) is 3.36. The Morgan fingerprint density at radius 1 is 1.46 bits per heavy atom. The van der Waals surface area contributed by atoms with E-state index < -0.39 is 15.2 Å². The molecule has 1 aromatic heterocycles. The summed E-state index contributed by atoms with van der Waals surface area (Å²) in [5, 5.41) is 9.14. The zero-order valence-electron chi connectivity index (χ0n) is 6.44. The van der Waals surface area contributed by atoms with E-state index in [-0.39, 0.29) is 11.4 Å². The van der Waals surface area contributed by atoms with Crippen LogP contribution in [0.1, 0.15) is 11.4 Å². The van der Waals surface area contributed by atoms with E-state index in [1.165, 1.54) is 6.92 Å². The molecule has 13 heavy (non-hydrogen) atoms. The molecular weight excluding hydrogens is 238 g/mol. The van der Waals surface area contributed by atoms with Crippen LogP contribution in [0, 0.1) is 6.92 Å². The zero-order chi connectivity index (χ0) is 10.2. The minimum absolute atomic E-state index is 0.0815. The fourth-order valence-electron chi connectivity index (χ4n) is 0.655. The van der Waals surface area contributed by atoms with Crippen molar-refractivity contribution in [1.29, 1.82) is 0 Å². The van der Waals surface area contributed by atoms with Crippen LogP contribution in [0.15, 0.2) is 4.79 Å². The summed E-state index contributed by atoms with van der Waals surface area (Å²) in [6, 6.07) is 0. The molecule has 72 valence electrons. The molecule has 7 heteroatoms. The number of H-pyrrole nitrogens is 1. The lowest BCUT2D eigenvalue weighted by Crippen LogP contribution is -2.18. The molecule has 0 saturated heterocycles. The van der Waals surface area contributed by atoms with Gasteiger partial charge in [-0.2, -0.15) is 4.98 Å². The van der Waals surface area contributed by atoms with Gasteiger partial charge >= 0.3 is 0 Å². The Balaban J connectivity index is 3.38. The summed E-state index contributed by atoms with van der Waals surface area (Å²) in [6.07, 6.45) is 0. The molecule has 0 spiro atoms. The highest BCUT2D eigenvalue weighted by atomic mass is 35.6. The molecule has 2 N–H and O–H groups in total. The molecule has 0 aliphatic rings. The third-order valence-corrected chi connectivity index (χ3v) is 1.93. The number of aromatic hydroxyl groups is 1. The summed E-state index contributed by atoms with van der Waals surface area (Å²) in [5.41, 5.74) is -0.452. The number of hydrogen-bond acceptors (Lipinski definition) is 3. The largest absolute Gasteiger partial charge is 0.493 e. The quantitative estimate of drug-likeness (QED) is 0.680. The van der Waals surface area contributed by atoms with Crippen molar-refractivity contribution in [3.63, 3.8) is 0 Å². The molecule has 0 unspecified atom stereocenters. The number of nitrogens with zero attached hydrogens (tertiary/aromatic N) is 1. The normalized spacial score (nSPS) is 11.7. The van der Waals surface area contributed by atoms with Gasteiger partial charge in [0.05, 0.1) is 5.56 Å². The lowest BCUT2D eigenvalue weighted by Gasteiger charge is -2.09. The molecular formula is C6H5Cl3N2O2. The monoisotopic (exact) mass is 242 g/mol. The highest BCUT2D eigenvalue weighted by molar-refractivity contribution is 6.66. The molecule has 0 radical (unpaired) electrons. The van der Waals surface area contributed by atoms with Crippen LogP contribution in [-0.2, 0) is 3.79 Å². The van der Waals surface area contributed by atoms with E-state index in [9.17, 15) is 4.79 Å². The van der Waals surface area contributed by atoms with Crippen molar-refractivity contribution in [3.8, 4) is 5.88 Å². The van der Waals surface area contributed by atoms with Crippen molar-refractivity contribution in [2.24, 2.45) is 0 Å². The molecule has 1 heterocycles. The Kier molecular flexibility index (Phi) is 2.75. The number of rotatable bonds is 0. The van der Waals surface area contributed by atoms with E-state index in [0.717, 1.165) is 0 Å². The second-order valence-electron chi connectivity index (χ2n) is 2.36. The van der Waals surface area contributed by atoms with Gasteiger partial charge in [0.1, 0.15) is 0 Å². The van der Waals surface area contributed by atoms with Gasteiger partial charge in [-0.15, -0.1) is 0 Å². The van der Waals surface area contributed by atoms with E-state index in [2.05, 4.69) is 9.97 Å². The Labute approximate surface area is 88.5 Å². The summed E-state index contributed by atoms with van der Waals surface area (Å²) in [6.45, 7) is 1.41. The lowest BCUT2D eigenvalue weighted by molar-refractivity contribution is 0.443. The average Bonchev–Trinajstić information content (AvgIpc) is 1.97. The molecule has 0 aliphatic heterocycles. The third kappa shape index (κ3) is 2.27. The van der Waals surface area contributed by atoms with Crippen molar-refractivity contribution in [1.82, 2.24) is 9.97 Å². The maximum atomic E-state index is 11.1.